The van der Waals surface area contributed by atoms with Gasteiger partial charge in [0.1, 0.15) is 5.69 Å². The molecule has 0 radical (unpaired) electrons. The van der Waals surface area contributed by atoms with E-state index in [1.165, 1.54) is 18.5 Å². The minimum atomic E-state index is -0.243. The van der Waals surface area contributed by atoms with Crippen LogP contribution in [0.5, 0.6) is 0 Å². The summed E-state index contributed by atoms with van der Waals surface area (Å²) in [4.78, 5) is 36.2. The molecular formula is C18H17N5O2. The lowest BCUT2D eigenvalue weighted by Gasteiger charge is -2.07. The van der Waals surface area contributed by atoms with E-state index in [2.05, 4.69) is 20.3 Å². The number of hydrogen-bond acceptors (Lipinski definition) is 5. The second kappa shape index (κ2) is 7.96. The third-order valence-corrected chi connectivity index (χ3v) is 3.57. The number of carbonyl (C=O) groups excluding carboxylic acids is 1. The second-order valence-electron chi connectivity index (χ2n) is 5.35. The second-order valence-corrected chi connectivity index (χ2v) is 5.35. The van der Waals surface area contributed by atoms with E-state index < -0.39 is 0 Å². The predicted molar refractivity (Wildman–Crippen MR) is 92.9 cm³/mol. The van der Waals surface area contributed by atoms with Crippen molar-refractivity contribution in [3.05, 3.63) is 77.1 Å². The SMILES string of the molecule is O=C(NCCCn1ccccc1=O)c1cnc(-c2ccccn2)nc1. The summed E-state index contributed by atoms with van der Waals surface area (Å²) in [6, 6.07) is 10.5. The topological polar surface area (TPSA) is 89.8 Å². The molecule has 3 aromatic rings. The summed E-state index contributed by atoms with van der Waals surface area (Å²) >= 11 is 0. The van der Waals surface area contributed by atoms with Crippen LogP contribution in [0.2, 0.25) is 0 Å². The molecule has 0 saturated carbocycles. The molecule has 0 bridgehead atoms. The zero-order chi connectivity index (χ0) is 17.5. The summed E-state index contributed by atoms with van der Waals surface area (Å²) in [7, 11) is 0. The molecule has 0 atom stereocenters. The third-order valence-electron chi connectivity index (χ3n) is 3.57. The quantitative estimate of drug-likeness (QED) is 0.690. The number of pyridine rings is 2. The Morgan fingerprint density at radius 2 is 1.84 bits per heavy atom. The highest BCUT2D eigenvalue weighted by atomic mass is 16.1. The number of amides is 1. The van der Waals surface area contributed by atoms with E-state index in [-0.39, 0.29) is 11.5 Å². The lowest BCUT2D eigenvalue weighted by atomic mass is 10.3. The fourth-order valence-corrected chi connectivity index (χ4v) is 2.27. The average Bonchev–Trinajstić information content (AvgIpc) is 2.67. The Hall–Kier alpha value is -3.35. The standard InChI is InChI=1S/C18H17N5O2/c24-16-7-2-4-10-23(16)11-5-9-20-18(25)14-12-21-17(22-13-14)15-6-1-3-8-19-15/h1-4,6-8,10,12-13H,5,9,11H2,(H,20,25). The van der Waals surface area contributed by atoms with Gasteiger partial charge in [-0.3, -0.25) is 14.6 Å². The zero-order valence-electron chi connectivity index (χ0n) is 13.5. The van der Waals surface area contributed by atoms with E-state index in [9.17, 15) is 9.59 Å². The number of rotatable bonds is 6. The van der Waals surface area contributed by atoms with Gasteiger partial charge in [0.15, 0.2) is 5.82 Å². The molecule has 0 spiro atoms. The highest BCUT2D eigenvalue weighted by Crippen LogP contribution is 2.09. The average molecular weight is 335 g/mol. The first-order valence-electron chi connectivity index (χ1n) is 7.91. The Morgan fingerprint density at radius 1 is 1.04 bits per heavy atom. The molecule has 126 valence electrons. The smallest absolute Gasteiger partial charge is 0.254 e. The first-order valence-corrected chi connectivity index (χ1v) is 7.91. The molecule has 7 nitrogen and oxygen atoms in total. The lowest BCUT2D eigenvalue weighted by molar-refractivity contribution is 0.0952. The van der Waals surface area contributed by atoms with E-state index in [0.29, 0.717) is 36.6 Å². The van der Waals surface area contributed by atoms with Crippen molar-refractivity contribution in [2.45, 2.75) is 13.0 Å². The Bertz CT molecular complexity index is 891. The maximum absolute atomic E-state index is 12.1. The van der Waals surface area contributed by atoms with Gasteiger partial charge in [-0.1, -0.05) is 12.1 Å². The van der Waals surface area contributed by atoms with Crippen molar-refractivity contribution in [2.24, 2.45) is 0 Å². The van der Waals surface area contributed by atoms with Gasteiger partial charge in [0.05, 0.1) is 5.56 Å². The fraction of sp³-hybridized carbons (Fsp3) is 0.167. The molecule has 3 heterocycles. The van der Waals surface area contributed by atoms with E-state index in [1.54, 1.807) is 35.2 Å². The number of nitrogens with one attached hydrogen (secondary N) is 1. The van der Waals surface area contributed by atoms with Crippen LogP contribution in [0.1, 0.15) is 16.8 Å². The summed E-state index contributed by atoms with van der Waals surface area (Å²) in [6.07, 6.45) is 7.01. The molecule has 1 N–H and O–H groups in total. The summed E-state index contributed by atoms with van der Waals surface area (Å²) in [5.41, 5.74) is 0.992. The molecule has 3 rings (SSSR count). The molecule has 0 aliphatic rings. The van der Waals surface area contributed by atoms with E-state index in [1.807, 2.05) is 12.1 Å². The maximum Gasteiger partial charge on any atom is 0.254 e. The zero-order valence-corrected chi connectivity index (χ0v) is 13.5. The molecule has 0 aromatic carbocycles. The molecule has 0 unspecified atom stereocenters. The molecule has 0 saturated heterocycles. The van der Waals surface area contributed by atoms with Crippen LogP contribution in [0, 0.1) is 0 Å². The van der Waals surface area contributed by atoms with Gasteiger partial charge < -0.3 is 9.88 Å². The highest BCUT2D eigenvalue weighted by molar-refractivity contribution is 5.93. The van der Waals surface area contributed by atoms with Crippen molar-refractivity contribution < 1.29 is 4.79 Å². The van der Waals surface area contributed by atoms with Gasteiger partial charge >= 0.3 is 0 Å². The molecule has 0 aliphatic carbocycles. The molecule has 0 aliphatic heterocycles. The van der Waals surface area contributed by atoms with Crippen molar-refractivity contribution >= 4 is 5.91 Å². The largest absolute Gasteiger partial charge is 0.352 e. The molecule has 3 aromatic heterocycles. The van der Waals surface area contributed by atoms with E-state index in [0.717, 1.165) is 0 Å². The monoisotopic (exact) mass is 335 g/mol. The first-order chi connectivity index (χ1) is 12.2. The van der Waals surface area contributed by atoms with E-state index >= 15 is 0 Å². The van der Waals surface area contributed by atoms with Crippen LogP contribution < -0.4 is 10.9 Å². The molecular weight excluding hydrogens is 318 g/mol. The van der Waals surface area contributed by atoms with Crippen LogP contribution in [-0.4, -0.2) is 32.0 Å². The number of aromatic nitrogens is 4. The number of carbonyl (C=O) groups is 1. The normalized spacial score (nSPS) is 10.4. The van der Waals surface area contributed by atoms with Crippen molar-refractivity contribution in [3.63, 3.8) is 0 Å². The van der Waals surface area contributed by atoms with Crippen molar-refractivity contribution in [3.8, 4) is 11.5 Å². The lowest BCUT2D eigenvalue weighted by Crippen LogP contribution is -2.27. The van der Waals surface area contributed by atoms with Crippen LogP contribution in [0.25, 0.3) is 11.5 Å². The molecule has 7 heteroatoms. The highest BCUT2D eigenvalue weighted by Gasteiger charge is 2.08. The van der Waals surface area contributed by atoms with Gasteiger partial charge in [0, 0.05) is 43.9 Å². The maximum atomic E-state index is 12.1. The number of hydrogen-bond donors (Lipinski definition) is 1. The molecule has 25 heavy (non-hydrogen) atoms. The van der Waals surface area contributed by atoms with Crippen LogP contribution in [0.15, 0.2) is 66.0 Å². The van der Waals surface area contributed by atoms with Crippen LogP contribution in [0.3, 0.4) is 0 Å². The fourth-order valence-electron chi connectivity index (χ4n) is 2.27. The Labute approximate surface area is 144 Å². The predicted octanol–water partition coefficient (Wildman–Crippen LogP) is 1.52. The van der Waals surface area contributed by atoms with Gasteiger partial charge in [0.2, 0.25) is 5.56 Å². The van der Waals surface area contributed by atoms with E-state index in [4.69, 9.17) is 0 Å². The van der Waals surface area contributed by atoms with Crippen LogP contribution in [-0.2, 0) is 6.54 Å². The number of aryl methyl sites for hydroxylation is 1. The van der Waals surface area contributed by atoms with Gasteiger partial charge in [0.25, 0.3) is 5.91 Å². The number of nitrogens with zero attached hydrogens (tertiary/aromatic N) is 4. The minimum Gasteiger partial charge on any atom is -0.352 e. The molecule has 1 amide bonds. The minimum absolute atomic E-state index is 0.0488. The summed E-state index contributed by atoms with van der Waals surface area (Å²) < 4.78 is 1.61. The van der Waals surface area contributed by atoms with Gasteiger partial charge in [-0.25, -0.2) is 9.97 Å². The summed E-state index contributed by atoms with van der Waals surface area (Å²) in [5.74, 6) is 0.230. The van der Waals surface area contributed by atoms with Crippen molar-refractivity contribution in [1.82, 2.24) is 24.8 Å². The van der Waals surface area contributed by atoms with Crippen molar-refractivity contribution in [1.29, 1.82) is 0 Å². The Morgan fingerprint density at radius 3 is 2.56 bits per heavy atom. The van der Waals surface area contributed by atoms with Crippen molar-refractivity contribution in [2.75, 3.05) is 6.54 Å². The summed E-state index contributed by atoms with van der Waals surface area (Å²) in [6.45, 7) is 1.01. The molecule has 0 fully saturated rings. The van der Waals surface area contributed by atoms with Crippen LogP contribution >= 0.6 is 0 Å². The van der Waals surface area contributed by atoms with Crippen LogP contribution in [0.4, 0.5) is 0 Å². The Balaban J connectivity index is 1.52. The Kier molecular flexibility index (Phi) is 5.26. The van der Waals surface area contributed by atoms with Gasteiger partial charge in [-0.05, 0) is 24.6 Å². The van der Waals surface area contributed by atoms with Gasteiger partial charge in [-0.2, -0.15) is 0 Å². The van der Waals surface area contributed by atoms with Gasteiger partial charge in [-0.15, -0.1) is 0 Å². The third kappa shape index (κ3) is 4.35. The first kappa shape index (κ1) is 16.5. The summed E-state index contributed by atoms with van der Waals surface area (Å²) in [5, 5.41) is 2.80.